The number of nitrogen functional groups attached to an aromatic ring is 1. The molecule has 3 aromatic rings. The first-order chi connectivity index (χ1) is 12.5. The minimum absolute atomic E-state index is 0.430. The van der Waals surface area contributed by atoms with E-state index in [1.165, 1.54) is 4.90 Å². The molecule has 0 saturated carbocycles. The third kappa shape index (κ3) is 4.09. The summed E-state index contributed by atoms with van der Waals surface area (Å²) in [5.74, 6) is 0.691. The lowest BCUT2D eigenvalue weighted by atomic mass is 10.1. The van der Waals surface area contributed by atoms with Crippen LogP contribution in [0.2, 0.25) is 0 Å². The molecule has 2 aromatic carbocycles. The van der Waals surface area contributed by atoms with Gasteiger partial charge in [0.05, 0.1) is 27.2 Å². The molecule has 1 aromatic heterocycles. The zero-order chi connectivity index (χ0) is 18.7. The number of nitrogens with one attached hydrogen (secondary N) is 1. The van der Waals surface area contributed by atoms with E-state index in [2.05, 4.69) is 46.7 Å². The van der Waals surface area contributed by atoms with Crippen LogP contribution in [-0.4, -0.2) is 30.3 Å². The Morgan fingerprint density at radius 2 is 1.85 bits per heavy atom. The zero-order valence-corrected chi connectivity index (χ0v) is 16.9. The maximum atomic E-state index is 10.7. The average Bonchev–Trinajstić information content (AvgIpc) is 2.88. The number of fused-ring (bicyclic) bond motifs is 1. The standard InChI is InChI=1S/C20H25BrN4O/c1-23(2)12-5-13-24-17-6-3-4-7-18(17)25(20(24)22)14-19(26)15-8-10-16(21)11-9-15/h3-4,6-11,19,22,26H,5,12-14H2,1-2H3/p+2/t19-/m0/s1. The van der Waals surface area contributed by atoms with Gasteiger partial charge in [0.2, 0.25) is 0 Å². The molecule has 0 aliphatic carbocycles. The van der Waals surface area contributed by atoms with E-state index in [-0.39, 0.29) is 0 Å². The van der Waals surface area contributed by atoms with Gasteiger partial charge in [0.1, 0.15) is 23.7 Å². The number of aliphatic hydroxyl groups excluding tert-OH is 1. The van der Waals surface area contributed by atoms with Crippen LogP contribution in [0.15, 0.2) is 53.0 Å². The lowest BCUT2D eigenvalue weighted by Gasteiger charge is -2.11. The first-order valence-corrected chi connectivity index (χ1v) is 9.75. The van der Waals surface area contributed by atoms with E-state index in [1.54, 1.807) is 0 Å². The smallest absolute Gasteiger partial charge is 0.356 e. The summed E-state index contributed by atoms with van der Waals surface area (Å²) >= 11 is 3.43. The highest BCUT2D eigenvalue weighted by Gasteiger charge is 2.23. The van der Waals surface area contributed by atoms with Crippen molar-refractivity contribution in [1.29, 1.82) is 0 Å². The Hall–Kier alpha value is -1.89. The summed E-state index contributed by atoms with van der Waals surface area (Å²) in [6.45, 7) is 2.40. The summed E-state index contributed by atoms with van der Waals surface area (Å²) in [7, 11) is 4.32. The number of nitrogens with zero attached hydrogens (tertiary/aromatic N) is 2. The van der Waals surface area contributed by atoms with Crippen molar-refractivity contribution < 1.29 is 14.6 Å². The Morgan fingerprint density at radius 1 is 1.15 bits per heavy atom. The number of nitrogens with two attached hydrogens (primary N) is 1. The molecular weight excluding hydrogens is 392 g/mol. The number of imidazole rings is 1. The molecule has 5 nitrogen and oxygen atoms in total. The largest absolute Gasteiger partial charge is 0.385 e. The molecule has 0 unspecified atom stereocenters. The van der Waals surface area contributed by atoms with Gasteiger partial charge in [0.15, 0.2) is 0 Å². The van der Waals surface area contributed by atoms with E-state index in [0.717, 1.165) is 40.6 Å². The summed E-state index contributed by atoms with van der Waals surface area (Å²) < 4.78 is 5.18. The number of aromatic nitrogens is 2. The molecule has 0 fully saturated rings. The first-order valence-electron chi connectivity index (χ1n) is 8.96. The number of hydrogen-bond acceptors (Lipinski definition) is 2. The average molecular weight is 419 g/mol. The van der Waals surface area contributed by atoms with Crippen LogP contribution in [-0.2, 0) is 13.1 Å². The number of quaternary nitrogens is 1. The molecule has 6 heteroatoms. The second-order valence-electron chi connectivity index (χ2n) is 6.99. The van der Waals surface area contributed by atoms with Crippen LogP contribution >= 0.6 is 15.9 Å². The van der Waals surface area contributed by atoms with Crippen molar-refractivity contribution >= 4 is 32.9 Å². The van der Waals surface area contributed by atoms with Gasteiger partial charge in [-0.25, -0.2) is 9.13 Å². The number of aryl methyl sites for hydroxylation is 1. The zero-order valence-electron chi connectivity index (χ0n) is 15.3. The highest BCUT2D eigenvalue weighted by atomic mass is 79.9. The van der Waals surface area contributed by atoms with Gasteiger partial charge in [-0.3, -0.25) is 5.73 Å². The molecule has 0 bridgehead atoms. The van der Waals surface area contributed by atoms with Gasteiger partial charge < -0.3 is 10.0 Å². The van der Waals surface area contributed by atoms with Crippen molar-refractivity contribution in [2.45, 2.75) is 25.6 Å². The summed E-state index contributed by atoms with van der Waals surface area (Å²) in [4.78, 5) is 1.43. The Kier molecular flexibility index (Phi) is 5.96. The van der Waals surface area contributed by atoms with Crippen LogP contribution in [0.4, 0.5) is 5.95 Å². The molecule has 0 aliphatic rings. The molecule has 138 valence electrons. The summed E-state index contributed by atoms with van der Waals surface area (Å²) in [5.41, 5.74) is 9.53. The van der Waals surface area contributed by atoms with E-state index >= 15 is 0 Å². The van der Waals surface area contributed by atoms with E-state index in [9.17, 15) is 5.11 Å². The van der Waals surface area contributed by atoms with Gasteiger partial charge in [-0.05, 0) is 29.8 Å². The van der Waals surface area contributed by atoms with Crippen LogP contribution < -0.4 is 15.2 Å². The highest BCUT2D eigenvalue weighted by molar-refractivity contribution is 9.10. The van der Waals surface area contributed by atoms with Crippen molar-refractivity contribution in [3.8, 4) is 0 Å². The fraction of sp³-hybridized carbons (Fsp3) is 0.350. The van der Waals surface area contributed by atoms with Crippen LogP contribution in [0.25, 0.3) is 11.0 Å². The van der Waals surface area contributed by atoms with Gasteiger partial charge >= 0.3 is 5.95 Å². The fourth-order valence-corrected chi connectivity index (χ4v) is 3.56. The molecule has 26 heavy (non-hydrogen) atoms. The summed E-state index contributed by atoms with van der Waals surface area (Å²) in [6.07, 6.45) is 0.446. The van der Waals surface area contributed by atoms with Gasteiger partial charge in [-0.15, -0.1) is 0 Å². The number of benzene rings is 2. The minimum atomic E-state index is -0.610. The SMILES string of the molecule is C[NH+](C)CCCn1c(N)[n+](C[C@H](O)c2ccc(Br)cc2)c2ccccc21. The number of rotatable bonds is 7. The molecular formula is C20H27BrN4O+2. The Balaban J connectivity index is 1.90. The lowest BCUT2D eigenvalue weighted by molar-refractivity contribution is -0.858. The predicted molar refractivity (Wildman–Crippen MR) is 108 cm³/mol. The number of anilines is 1. The molecule has 0 amide bonds. The van der Waals surface area contributed by atoms with E-state index in [0.29, 0.717) is 12.5 Å². The minimum Gasteiger partial charge on any atom is -0.385 e. The molecule has 3 rings (SSSR count). The second kappa shape index (κ2) is 8.20. The lowest BCUT2D eigenvalue weighted by Crippen LogP contribution is -3.05. The van der Waals surface area contributed by atoms with Gasteiger partial charge in [0.25, 0.3) is 0 Å². The molecule has 1 heterocycles. The molecule has 0 saturated heterocycles. The van der Waals surface area contributed by atoms with E-state index < -0.39 is 6.10 Å². The quantitative estimate of drug-likeness (QED) is 0.509. The van der Waals surface area contributed by atoms with Crippen molar-refractivity contribution in [3.05, 3.63) is 58.6 Å². The van der Waals surface area contributed by atoms with E-state index in [4.69, 9.17) is 5.73 Å². The number of para-hydroxylation sites is 2. The molecule has 4 N–H and O–H groups in total. The fourth-order valence-electron chi connectivity index (χ4n) is 3.29. The summed E-state index contributed by atoms with van der Waals surface area (Å²) in [5, 5.41) is 10.7. The molecule has 0 radical (unpaired) electrons. The number of hydrogen-bond donors (Lipinski definition) is 3. The van der Waals surface area contributed by atoms with Gasteiger partial charge in [-0.2, -0.15) is 0 Å². The molecule has 1 atom stereocenters. The predicted octanol–water partition coefficient (Wildman–Crippen LogP) is 1.54. The van der Waals surface area contributed by atoms with Gasteiger partial charge in [-0.1, -0.05) is 40.2 Å². The Bertz CT molecular complexity index is 873. The van der Waals surface area contributed by atoms with Crippen molar-refractivity contribution in [1.82, 2.24) is 4.57 Å². The Labute approximate surface area is 162 Å². The monoisotopic (exact) mass is 418 g/mol. The maximum absolute atomic E-state index is 10.7. The van der Waals surface area contributed by atoms with Crippen molar-refractivity contribution in [3.63, 3.8) is 0 Å². The topological polar surface area (TPSA) is 59.5 Å². The maximum Gasteiger partial charge on any atom is 0.356 e. The normalized spacial score (nSPS) is 12.8. The van der Waals surface area contributed by atoms with Crippen LogP contribution in [0.5, 0.6) is 0 Å². The second-order valence-corrected chi connectivity index (χ2v) is 7.90. The van der Waals surface area contributed by atoms with Crippen LogP contribution in [0.1, 0.15) is 18.1 Å². The Morgan fingerprint density at radius 3 is 2.54 bits per heavy atom. The molecule has 0 aliphatic heterocycles. The van der Waals surface area contributed by atoms with Crippen LogP contribution in [0, 0.1) is 0 Å². The summed E-state index contributed by atoms with van der Waals surface area (Å²) in [6, 6.07) is 16.0. The van der Waals surface area contributed by atoms with E-state index in [1.807, 2.05) is 41.0 Å². The number of halogens is 1. The highest BCUT2D eigenvalue weighted by Crippen LogP contribution is 2.21. The van der Waals surface area contributed by atoms with Crippen LogP contribution in [0.3, 0.4) is 0 Å². The third-order valence-electron chi connectivity index (χ3n) is 4.69. The van der Waals surface area contributed by atoms with Crippen molar-refractivity contribution in [2.24, 2.45) is 0 Å². The molecule has 0 spiro atoms. The third-order valence-corrected chi connectivity index (χ3v) is 5.21. The first kappa shape index (κ1) is 18.9. The van der Waals surface area contributed by atoms with Crippen molar-refractivity contribution in [2.75, 3.05) is 26.4 Å². The van der Waals surface area contributed by atoms with Gasteiger partial charge in [0, 0.05) is 10.9 Å². The number of aliphatic hydroxyl groups is 1.